The molecule has 0 saturated heterocycles. The molecule has 0 bridgehead atoms. The van der Waals surface area contributed by atoms with Gasteiger partial charge in [-0.3, -0.25) is 4.79 Å². The van der Waals surface area contributed by atoms with Crippen LogP contribution in [0.2, 0.25) is 0 Å². The first-order valence-corrected chi connectivity index (χ1v) is 6.63. The highest BCUT2D eigenvalue weighted by Gasteiger charge is 2.52. The Morgan fingerprint density at radius 1 is 1.24 bits per heavy atom. The maximum absolute atomic E-state index is 11.5. The lowest BCUT2D eigenvalue weighted by Crippen LogP contribution is -2.51. The average Bonchev–Trinajstić information content (AvgIpc) is 2.37. The molecule has 3 heteroatoms. The van der Waals surface area contributed by atoms with Crippen molar-refractivity contribution in [2.24, 2.45) is 10.8 Å². The minimum Gasteiger partial charge on any atom is -0.481 e. The molecule has 2 atom stereocenters. The minimum absolute atomic E-state index is 0.220. The van der Waals surface area contributed by atoms with Crippen LogP contribution in [0.5, 0.6) is 0 Å². The molecule has 17 heavy (non-hydrogen) atoms. The van der Waals surface area contributed by atoms with Gasteiger partial charge in [-0.2, -0.15) is 0 Å². The molecule has 0 radical (unpaired) electrons. The Kier molecular flexibility index (Phi) is 3.92. The van der Waals surface area contributed by atoms with Crippen LogP contribution in [0.3, 0.4) is 0 Å². The number of carbonyl (C=O) groups is 1. The molecular weight excluding hydrogens is 216 g/mol. The quantitative estimate of drug-likeness (QED) is 0.747. The summed E-state index contributed by atoms with van der Waals surface area (Å²) in [6.07, 6.45) is 4.54. The van der Waals surface area contributed by atoms with Gasteiger partial charge in [0.1, 0.15) is 0 Å². The lowest BCUT2D eigenvalue weighted by atomic mass is 9.67. The molecule has 0 spiro atoms. The van der Waals surface area contributed by atoms with E-state index in [1.807, 2.05) is 6.92 Å². The second-order valence-electron chi connectivity index (χ2n) is 6.54. The normalized spacial score (nSPS) is 32.5. The first-order valence-electron chi connectivity index (χ1n) is 6.63. The summed E-state index contributed by atoms with van der Waals surface area (Å²) in [5.74, 6) is -0.873. The fourth-order valence-electron chi connectivity index (χ4n) is 2.89. The van der Waals surface area contributed by atoms with Crippen LogP contribution in [0.4, 0.5) is 0 Å². The van der Waals surface area contributed by atoms with E-state index in [0.717, 1.165) is 19.3 Å². The Hall–Kier alpha value is -0.570. The van der Waals surface area contributed by atoms with Gasteiger partial charge in [0.05, 0.1) is 11.0 Å². The van der Waals surface area contributed by atoms with E-state index < -0.39 is 17.0 Å². The van der Waals surface area contributed by atoms with Crippen molar-refractivity contribution in [1.82, 2.24) is 0 Å². The van der Waals surface area contributed by atoms with Crippen molar-refractivity contribution < 1.29 is 15.0 Å². The highest BCUT2D eigenvalue weighted by Crippen LogP contribution is 2.47. The molecule has 0 aromatic heterocycles. The summed E-state index contributed by atoms with van der Waals surface area (Å²) >= 11 is 0. The lowest BCUT2D eigenvalue weighted by Gasteiger charge is -2.41. The van der Waals surface area contributed by atoms with Gasteiger partial charge in [-0.05, 0) is 44.4 Å². The van der Waals surface area contributed by atoms with Crippen molar-refractivity contribution in [3.63, 3.8) is 0 Å². The van der Waals surface area contributed by atoms with E-state index in [9.17, 15) is 15.0 Å². The first-order chi connectivity index (χ1) is 7.67. The van der Waals surface area contributed by atoms with E-state index in [2.05, 4.69) is 13.8 Å². The fourth-order valence-corrected chi connectivity index (χ4v) is 2.89. The second kappa shape index (κ2) is 4.60. The average molecular weight is 242 g/mol. The Bertz CT molecular complexity index is 298. The third-order valence-electron chi connectivity index (χ3n) is 4.87. The molecule has 1 rings (SSSR count). The van der Waals surface area contributed by atoms with Gasteiger partial charge >= 0.3 is 5.97 Å². The van der Waals surface area contributed by atoms with Gasteiger partial charge in [-0.1, -0.05) is 27.2 Å². The van der Waals surface area contributed by atoms with Crippen molar-refractivity contribution in [1.29, 1.82) is 0 Å². The summed E-state index contributed by atoms with van der Waals surface area (Å²) in [7, 11) is 0. The Morgan fingerprint density at radius 3 is 2.29 bits per heavy atom. The molecule has 0 heterocycles. The van der Waals surface area contributed by atoms with Crippen LogP contribution in [0, 0.1) is 10.8 Å². The summed E-state index contributed by atoms with van der Waals surface area (Å²) in [4.78, 5) is 11.5. The number of hydrogen-bond acceptors (Lipinski definition) is 2. The van der Waals surface area contributed by atoms with Crippen molar-refractivity contribution in [2.45, 2.75) is 71.8 Å². The number of hydrogen-bond donors (Lipinski definition) is 2. The first kappa shape index (κ1) is 14.5. The number of carboxylic acid groups (broad SMARTS) is 1. The van der Waals surface area contributed by atoms with E-state index in [0.29, 0.717) is 19.3 Å². The number of aliphatic carboxylic acids is 1. The van der Waals surface area contributed by atoms with Gasteiger partial charge in [0.25, 0.3) is 0 Å². The molecule has 100 valence electrons. The molecule has 2 N–H and O–H groups in total. The maximum atomic E-state index is 11.5. The van der Waals surface area contributed by atoms with Gasteiger partial charge < -0.3 is 10.2 Å². The minimum atomic E-state index is -1.05. The van der Waals surface area contributed by atoms with Crippen molar-refractivity contribution in [3.05, 3.63) is 0 Å². The van der Waals surface area contributed by atoms with E-state index in [-0.39, 0.29) is 5.41 Å². The van der Waals surface area contributed by atoms with Gasteiger partial charge in [0.15, 0.2) is 0 Å². The number of carboxylic acids is 1. The molecule has 0 aromatic carbocycles. The zero-order valence-electron chi connectivity index (χ0n) is 11.5. The summed E-state index contributed by atoms with van der Waals surface area (Å²) in [5.41, 5.74) is -1.85. The predicted octanol–water partition coefficient (Wildman–Crippen LogP) is 3.21. The third kappa shape index (κ3) is 2.65. The summed E-state index contributed by atoms with van der Waals surface area (Å²) < 4.78 is 0. The molecular formula is C14H26O3. The smallest absolute Gasteiger partial charge is 0.312 e. The van der Waals surface area contributed by atoms with Crippen molar-refractivity contribution in [2.75, 3.05) is 0 Å². The molecule has 0 aromatic rings. The van der Waals surface area contributed by atoms with E-state index >= 15 is 0 Å². The molecule has 1 aliphatic rings. The molecule has 1 fully saturated rings. The predicted molar refractivity (Wildman–Crippen MR) is 67.8 cm³/mol. The largest absolute Gasteiger partial charge is 0.481 e. The molecule has 0 amide bonds. The summed E-state index contributed by atoms with van der Waals surface area (Å²) in [5, 5.41) is 20.2. The van der Waals surface area contributed by atoms with Crippen LogP contribution in [0.25, 0.3) is 0 Å². The highest BCUT2D eigenvalue weighted by atomic mass is 16.4. The monoisotopic (exact) mass is 242 g/mol. The van der Waals surface area contributed by atoms with Crippen LogP contribution in [-0.2, 0) is 4.79 Å². The standard InChI is InChI=1S/C14H26O3/c1-5-13(4,11(15)16)14(17)8-6-7-12(2,3)9-10-14/h17H,5-10H2,1-4H3,(H,15,16). The topological polar surface area (TPSA) is 57.5 Å². The van der Waals surface area contributed by atoms with Gasteiger partial charge in [-0.25, -0.2) is 0 Å². The molecule has 3 nitrogen and oxygen atoms in total. The highest BCUT2D eigenvalue weighted by molar-refractivity contribution is 5.75. The van der Waals surface area contributed by atoms with Crippen molar-refractivity contribution >= 4 is 5.97 Å². The molecule has 1 saturated carbocycles. The third-order valence-corrected chi connectivity index (χ3v) is 4.87. The Morgan fingerprint density at radius 2 is 1.82 bits per heavy atom. The van der Waals surface area contributed by atoms with E-state index in [1.54, 1.807) is 6.92 Å². The van der Waals surface area contributed by atoms with Gasteiger partial charge in [0.2, 0.25) is 0 Å². The van der Waals surface area contributed by atoms with Crippen LogP contribution < -0.4 is 0 Å². The van der Waals surface area contributed by atoms with Crippen LogP contribution >= 0.6 is 0 Å². The zero-order valence-corrected chi connectivity index (χ0v) is 11.5. The van der Waals surface area contributed by atoms with E-state index in [1.165, 1.54) is 0 Å². The molecule has 1 aliphatic carbocycles. The van der Waals surface area contributed by atoms with Crippen molar-refractivity contribution in [3.8, 4) is 0 Å². The van der Waals surface area contributed by atoms with Crippen LogP contribution in [0.1, 0.15) is 66.2 Å². The maximum Gasteiger partial charge on any atom is 0.312 e. The number of aliphatic hydroxyl groups is 1. The number of rotatable bonds is 3. The van der Waals surface area contributed by atoms with E-state index in [4.69, 9.17) is 0 Å². The second-order valence-corrected chi connectivity index (χ2v) is 6.54. The molecule has 0 aliphatic heterocycles. The summed E-state index contributed by atoms with van der Waals surface area (Å²) in [6.45, 7) is 7.93. The van der Waals surface area contributed by atoms with Crippen LogP contribution in [0.15, 0.2) is 0 Å². The lowest BCUT2D eigenvalue weighted by molar-refractivity contribution is -0.170. The fraction of sp³-hybridized carbons (Fsp3) is 0.929. The van der Waals surface area contributed by atoms with Gasteiger partial charge in [-0.15, -0.1) is 0 Å². The Labute approximate surface area is 104 Å². The van der Waals surface area contributed by atoms with Crippen LogP contribution in [-0.4, -0.2) is 21.8 Å². The zero-order chi connectivity index (χ0) is 13.3. The Balaban J connectivity index is 2.97. The summed E-state index contributed by atoms with van der Waals surface area (Å²) in [6, 6.07) is 0. The van der Waals surface area contributed by atoms with Gasteiger partial charge in [0, 0.05) is 0 Å². The SMILES string of the molecule is CCC(C)(C(=O)O)C1(O)CCCC(C)(C)CC1. The molecule has 2 unspecified atom stereocenters.